The van der Waals surface area contributed by atoms with Crippen molar-refractivity contribution in [2.75, 3.05) is 4.72 Å². The smallest absolute Gasteiger partial charge is 0.261 e. The zero-order valence-corrected chi connectivity index (χ0v) is 14.8. The second-order valence-electron chi connectivity index (χ2n) is 5.52. The van der Waals surface area contributed by atoms with Gasteiger partial charge in [0.1, 0.15) is 5.52 Å². The van der Waals surface area contributed by atoms with Gasteiger partial charge in [-0.1, -0.05) is 35.9 Å². The molecule has 0 unspecified atom stereocenters. The number of pyridine rings is 1. The van der Waals surface area contributed by atoms with Crippen LogP contribution >= 0.6 is 11.6 Å². The van der Waals surface area contributed by atoms with Crippen LogP contribution in [0.3, 0.4) is 0 Å². The van der Waals surface area contributed by atoms with Crippen LogP contribution in [0, 0.1) is 0 Å². The van der Waals surface area contributed by atoms with Crippen LogP contribution in [0.15, 0.2) is 76.5 Å². The number of hydrogen-bond donors (Lipinski definition) is 1. The Bertz CT molecular complexity index is 1190. The first-order valence-electron chi connectivity index (χ1n) is 7.60. The van der Waals surface area contributed by atoms with E-state index in [0.717, 1.165) is 5.56 Å². The minimum Gasteiger partial charge on any atom is -0.443 e. The van der Waals surface area contributed by atoms with E-state index in [1.807, 2.05) is 12.1 Å². The van der Waals surface area contributed by atoms with Gasteiger partial charge in [0.25, 0.3) is 10.0 Å². The molecule has 2 aromatic carbocycles. The molecular formula is C18H12ClN3O3S. The van der Waals surface area contributed by atoms with Crippen molar-refractivity contribution in [1.82, 2.24) is 9.97 Å². The van der Waals surface area contributed by atoms with Gasteiger partial charge in [-0.15, -0.1) is 0 Å². The number of nitrogens with one attached hydrogen (secondary N) is 1. The van der Waals surface area contributed by atoms with Crippen molar-refractivity contribution in [2.24, 2.45) is 0 Å². The van der Waals surface area contributed by atoms with Crippen LogP contribution in [0.25, 0.3) is 22.2 Å². The molecule has 0 aliphatic carbocycles. The number of hydrogen-bond acceptors (Lipinski definition) is 5. The summed E-state index contributed by atoms with van der Waals surface area (Å²) in [7, 11) is -3.76. The lowest BCUT2D eigenvalue weighted by Gasteiger charge is -2.11. The lowest BCUT2D eigenvalue weighted by molar-refractivity contribution is 0.601. The fraction of sp³-hybridized carbons (Fsp3) is 0. The van der Waals surface area contributed by atoms with Crippen molar-refractivity contribution in [1.29, 1.82) is 0 Å². The normalized spacial score (nSPS) is 11.6. The molecule has 2 heterocycles. The van der Waals surface area contributed by atoms with E-state index in [9.17, 15) is 8.42 Å². The van der Waals surface area contributed by atoms with Gasteiger partial charge in [-0.05, 0) is 35.9 Å². The van der Waals surface area contributed by atoms with Crippen molar-refractivity contribution in [3.05, 3.63) is 72.3 Å². The van der Waals surface area contributed by atoms with E-state index in [-0.39, 0.29) is 15.7 Å². The molecule has 1 N–H and O–H groups in total. The van der Waals surface area contributed by atoms with E-state index in [1.54, 1.807) is 36.5 Å². The highest BCUT2D eigenvalue weighted by Crippen LogP contribution is 2.30. The number of benzene rings is 2. The van der Waals surface area contributed by atoms with Gasteiger partial charge < -0.3 is 4.42 Å². The number of aromatic nitrogens is 2. The molecule has 0 amide bonds. The topological polar surface area (TPSA) is 85.1 Å². The predicted molar refractivity (Wildman–Crippen MR) is 99.5 cm³/mol. The van der Waals surface area contributed by atoms with Gasteiger partial charge in [0.2, 0.25) is 0 Å². The van der Waals surface area contributed by atoms with Gasteiger partial charge >= 0.3 is 0 Å². The molecule has 0 saturated carbocycles. The first kappa shape index (κ1) is 16.6. The summed E-state index contributed by atoms with van der Waals surface area (Å²) in [5.74, 6) is 0. The van der Waals surface area contributed by atoms with E-state index >= 15 is 0 Å². The lowest BCUT2D eigenvalue weighted by Crippen LogP contribution is -2.13. The maximum atomic E-state index is 12.5. The highest BCUT2D eigenvalue weighted by Gasteiger charge is 2.16. The standard InChI is InChI=1S/C18H12ClN3O3S/c19-18-16(22-26(23,24)14-4-2-1-3-5-14)9-13(10-20-18)12-6-7-17-15(8-12)21-11-25-17/h1-11,22H. The van der Waals surface area contributed by atoms with E-state index in [4.69, 9.17) is 16.0 Å². The lowest BCUT2D eigenvalue weighted by atomic mass is 10.1. The Balaban J connectivity index is 1.72. The summed E-state index contributed by atoms with van der Waals surface area (Å²) in [6.07, 6.45) is 2.94. The van der Waals surface area contributed by atoms with Gasteiger partial charge in [0.05, 0.1) is 10.6 Å². The highest BCUT2D eigenvalue weighted by atomic mass is 35.5. The van der Waals surface area contributed by atoms with Crippen molar-refractivity contribution < 1.29 is 12.8 Å². The molecule has 26 heavy (non-hydrogen) atoms. The quantitative estimate of drug-likeness (QED) is 0.528. The summed E-state index contributed by atoms with van der Waals surface area (Å²) in [4.78, 5) is 8.36. The van der Waals surface area contributed by atoms with Crippen LogP contribution in [0.1, 0.15) is 0 Å². The summed E-state index contributed by atoms with van der Waals surface area (Å²) in [6.45, 7) is 0. The predicted octanol–water partition coefficient (Wildman–Crippen LogP) is 4.34. The summed E-state index contributed by atoms with van der Waals surface area (Å²) < 4.78 is 32.8. The van der Waals surface area contributed by atoms with E-state index in [2.05, 4.69) is 14.7 Å². The monoisotopic (exact) mass is 385 g/mol. The van der Waals surface area contributed by atoms with Gasteiger partial charge in [-0.3, -0.25) is 4.72 Å². The molecular weight excluding hydrogens is 374 g/mol. The Morgan fingerprint density at radius 2 is 1.77 bits per heavy atom. The number of sulfonamides is 1. The van der Waals surface area contributed by atoms with Crippen LogP contribution < -0.4 is 4.72 Å². The van der Waals surface area contributed by atoms with Crippen LogP contribution in [0.2, 0.25) is 5.15 Å². The second-order valence-corrected chi connectivity index (χ2v) is 7.56. The fourth-order valence-corrected chi connectivity index (χ4v) is 3.80. The van der Waals surface area contributed by atoms with Crippen LogP contribution in [-0.4, -0.2) is 18.4 Å². The van der Waals surface area contributed by atoms with Crippen molar-refractivity contribution in [2.45, 2.75) is 4.90 Å². The molecule has 0 saturated heterocycles. The molecule has 0 aliphatic rings. The molecule has 0 bridgehead atoms. The summed E-state index contributed by atoms with van der Waals surface area (Å²) in [6, 6.07) is 15.2. The number of rotatable bonds is 4. The minimum absolute atomic E-state index is 0.0655. The SMILES string of the molecule is O=S(=O)(Nc1cc(-c2ccc3ocnc3c2)cnc1Cl)c1ccccc1. The number of oxazole rings is 1. The third kappa shape index (κ3) is 3.14. The van der Waals surface area contributed by atoms with Crippen LogP contribution in [0.4, 0.5) is 5.69 Å². The average Bonchev–Trinajstić information content (AvgIpc) is 3.12. The Morgan fingerprint density at radius 1 is 0.962 bits per heavy atom. The molecule has 8 heteroatoms. The molecule has 6 nitrogen and oxygen atoms in total. The van der Waals surface area contributed by atoms with Crippen LogP contribution in [-0.2, 0) is 10.0 Å². The number of halogens is 1. The van der Waals surface area contributed by atoms with E-state index in [0.29, 0.717) is 16.7 Å². The molecule has 4 aromatic rings. The van der Waals surface area contributed by atoms with Crippen molar-refractivity contribution >= 4 is 38.4 Å². The second kappa shape index (κ2) is 6.44. The minimum atomic E-state index is -3.76. The molecule has 0 fully saturated rings. The Hall–Kier alpha value is -2.90. The average molecular weight is 386 g/mol. The zero-order valence-electron chi connectivity index (χ0n) is 13.3. The van der Waals surface area contributed by atoms with Gasteiger partial charge in [-0.2, -0.15) is 0 Å². The molecule has 0 atom stereocenters. The summed E-state index contributed by atoms with van der Waals surface area (Å²) in [5, 5.41) is 0.0655. The maximum Gasteiger partial charge on any atom is 0.261 e. The largest absolute Gasteiger partial charge is 0.443 e. The molecule has 4 rings (SSSR count). The Kier molecular flexibility index (Phi) is 4.10. The van der Waals surface area contributed by atoms with Crippen molar-refractivity contribution in [3.63, 3.8) is 0 Å². The first-order valence-corrected chi connectivity index (χ1v) is 9.46. The number of nitrogens with zero attached hydrogens (tertiary/aromatic N) is 2. The Labute approximate surface area is 154 Å². The third-order valence-electron chi connectivity index (χ3n) is 3.80. The van der Waals surface area contributed by atoms with E-state index in [1.165, 1.54) is 18.5 Å². The van der Waals surface area contributed by atoms with Crippen molar-refractivity contribution in [3.8, 4) is 11.1 Å². The fourth-order valence-electron chi connectivity index (χ4n) is 2.52. The van der Waals surface area contributed by atoms with Crippen LogP contribution in [0.5, 0.6) is 0 Å². The zero-order chi connectivity index (χ0) is 18.1. The Morgan fingerprint density at radius 3 is 2.58 bits per heavy atom. The van der Waals surface area contributed by atoms with E-state index < -0.39 is 10.0 Å². The highest BCUT2D eigenvalue weighted by molar-refractivity contribution is 7.92. The summed E-state index contributed by atoms with van der Waals surface area (Å²) >= 11 is 6.09. The summed E-state index contributed by atoms with van der Waals surface area (Å²) in [5.41, 5.74) is 3.08. The first-order chi connectivity index (χ1) is 12.5. The van der Waals surface area contributed by atoms with Gasteiger partial charge in [0, 0.05) is 11.8 Å². The molecule has 2 aromatic heterocycles. The third-order valence-corrected chi connectivity index (χ3v) is 5.48. The molecule has 0 aliphatic heterocycles. The molecule has 130 valence electrons. The maximum absolute atomic E-state index is 12.5. The van der Waals surface area contributed by atoms with Gasteiger partial charge in [-0.25, -0.2) is 18.4 Å². The number of anilines is 1. The molecule has 0 radical (unpaired) electrons. The molecule has 0 spiro atoms. The number of fused-ring (bicyclic) bond motifs is 1. The van der Waals surface area contributed by atoms with Gasteiger partial charge in [0.15, 0.2) is 17.1 Å².